The van der Waals surface area contributed by atoms with E-state index in [0.29, 0.717) is 45.4 Å². The topological polar surface area (TPSA) is 89.5 Å². The Morgan fingerprint density at radius 1 is 0.879 bits per heavy atom. The fraction of sp³-hybridized carbons (Fsp3) is 0.120. The van der Waals surface area contributed by atoms with Gasteiger partial charge in [-0.1, -0.05) is 0 Å². The summed E-state index contributed by atoms with van der Waals surface area (Å²) in [7, 11) is 3.09. The van der Waals surface area contributed by atoms with Gasteiger partial charge in [0.1, 0.15) is 23.0 Å². The minimum Gasteiger partial charge on any atom is -0.497 e. The SMILES string of the molecule is COc1ccc(OC)c(C=C2Oc3cc(OC(=O)c4ccc5c(c4)OCO5)ccc3C2=O)c1. The van der Waals surface area contributed by atoms with Gasteiger partial charge in [0.2, 0.25) is 12.6 Å². The Bertz CT molecular complexity index is 1310. The van der Waals surface area contributed by atoms with Crippen LogP contribution in [0.1, 0.15) is 26.3 Å². The lowest BCUT2D eigenvalue weighted by Gasteiger charge is -2.08. The Morgan fingerprint density at radius 2 is 1.70 bits per heavy atom. The molecule has 0 aliphatic carbocycles. The van der Waals surface area contributed by atoms with Crippen molar-refractivity contribution in [3.05, 3.63) is 77.0 Å². The molecule has 5 rings (SSSR count). The zero-order chi connectivity index (χ0) is 22.9. The summed E-state index contributed by atoms with van der Waals surface area (Å²) in [6.07, 6.45) is 1.59. The molecule has 8 heteroatoms. The van der Waals surface area contributed by atoms with E-state index in [1.54, 1.807) is 61.7 Å². The number of methoxy groups -OCH3 is 2. The third-order valence-corrected chi connectivity index (χ3v) is 5.18. The quantitative estimate of drug-likeness (QED) is 0.326. The van der Waals surface area contributed by atoms with Gasteiger partial charge < -0.3 is 28.4 Å². The maximum atomic E-state index is 12.8. The number of hydrogen-bond donors (Lipinski definition) is 0. The zero-order valence-corrected chi connectivity index (χ0v) is 17.7. The minimum atomic E-state index is -0.575. The Kier molecular flexibility index (Phi) is 5.10. The lowest BCUT2D eigenvalue weighted by Crippen LogP contribution is -2.08. The number of fused-ring (bicyclic) bond motifs is 2. The summed E-state index contributed by atoms with van der Waals surface area (Å²) < 4.78 is 32.4. The molecule has 0 fully saturated rings. The number of ketones is 1. The standard InChI is InChI=1S/C25H18O8/c1-28-16-5-8-19(29-2)15(9-16)11-23-24(26)18-6-4-17(12-21(18)33-23)32-25(27)14-3-7-20-22(10-14)31-13-30-20/h3-12H,13H2,1-2H3. The van der Waals surface area contributed by atoms with Gasteiger partial charge in [-0.3, -0.25) is 4.79 Å². The van der Waals surface area contributed by atoms with E-state index >= 15 is 0 Å². The molecule has 33 heavy (non-hydrogen) atoms. The second kappa shape index (κ2) is 8.23. The molecule has 0 spiro atoms. The van der Waals surface area contributed by atoms with E-state index in [0.717, 1.165) is 0 Å². The normalized spacial score (nSPS) is 14.6. The highest BCUT2D eigenvalue weighted by Gasteiger charge is 2.28. The average molecular weight is 446 g/mol. The molecule has 2 aliphatic rings. The van der Waals surface area contributed by atoms with Gasteiger partial charge in [-0.05, 0) is 54.6 Å². The highest BCUT2D eigenvalue weighted by molar-refractivity contribution is 6.14. The summed E-state index contributed by atoms with van der Waals surface area (Å²) in [5, 5.41) is 0. The van der Waals surface area contributed by atoms with Crippen molar-refractivity contribution in [2.75, 3.05) is 21.0 Å². The molecule has 166 valence electrons. The van der Waals surface area contributed by atoms with Crippen molar-refractivity contribution in [2.24, 2.45) is 0 Å². The van der Waals surface area contributed by atoms with Crippen molar-refractivity contribution in [3.8, 4) is 34.5 Å². The van der Waals surface area contributed by atoms with Crippen molar-refractivity contribution in [1.29, 1.82) is 0 Å². The molecule has 2 aliphatic heterocycles. The molecule has 0 saturated heterocycles. The number of esters is 1. The number of hydrogen-bond acceptors (Lipinski definition) is 8. The summed E-state index contributed by atoms with van der Waals surface area (Å²) in [5.74, 6) is 2.03. The van der Waals surface area contributed by atoms with Crippen LogP contribution in [0.3, 0.4) is 0 Å². The molecule has 0 bridgehead atoms. The molecule has 8 nitrogen and oxygen atoms in total. The van der Waals surface area contributed by atoms with E-state index in [2.05, 4.69) is 0 Å². The molecule has 0 aromatic heterocycles. The average Bonchev–Trinajstić information content (AvgIpc) is 3.42. The lowest BCUT2D eigenvalue weighted by atomic mass is 10.1. The van der Waals surface area contributed by atoms with Gasteiger partial charge in [-0.15, -0.1) is 0 Å². The fourth-order valence-electron chi connectivity index (χ4n) is 3.51. The Hall–Kier alpha value is -4.46. The molecule has 3 aromatic rings. The number of Topliss-reactive ketones (excluding diaryl/α,β-unsaturated/α-hetero) is 1. The Balaban J connectivity index is 1.37. The largest absolute Gasteiger partial charge is 0.497 e. The molecule has 3 aromatic carbocycles. The van der Waals surface area contributed by atoms with Crippen molar-refractivity contribution in [2.45, 2.75) is 0 Å². The monoisotopic (exact) mass is 446 g/mol. The molecular weight excluding hydrogens is 428 g/mol. The second-order valence-corrected chi connectivity index (χ2v) is 7.16. The Labute approximate surface area is 188 Å². The van der Waals surface area contributed by atoms with Crippen LogP contribution in [0.5, 0.6) is 34.5 Å². The summed E-state index contributed by atoms with van der Waals surface area (Å²) in [4.78, 5) is 25.4. The first-order valence-electron chi connectivity index (χ1n) is 9.98. The van der Waals surface area contributed by atoms with Gasteiger partial charge in [0.15, 0.2) is 17.3 Å². The van der Waals surface area contributed by atoms with E-state index in [1.165, 1.54) is 13.2 Å². The van der Waals surface area contributed by atoms with E-state index < -0.39 is 5.97 Å². The molecule has 2 heterocycles. The van der Waals surface area contributed by atoms with Crippen molar-refractivity contribution >= 4 is 17.8 Å². The van der Waals surface area contributed by atoms with Crippen LogP contribution in [0.15, 0.2) is 60.4 Å². The van der Waals surface area contributed by atoms with Crippen molar-refractivity contribution in [3.63, 3.8) is 0 Å². The van der Waals surface area contributed by atoms with Gasteiger partial charge in [0.05, 0.1) is 25.3 Å². The Morgan fingerprint density at radius 3 is 2.52 bits per heavy atom. The predicted octanol–water partition coefficient (Wildman–Crippen LogP) is 4.27. The van der Waals surface area contributed by atoms with Gasteiger partial charge in [0, 0.05) is 11.6 Å². The third kappa shape index (κ3) is 3.82. The summed E-state index contributed by atoms with van der Waals surface area (Å²) >= 11 is 0. The first kappa shape index (κ1) is 20.4. The van der Waals surface area contributed by atoms with E-state index in [4.69, 9.17) is 28.4 Å². The summed E-state index contributed by atoms with van der Waals surface area (Å²) in [6.45, 7) is 0.113. The van der Waals surface area contributed by atoms with Crippen LogP contribution >= 0.6 is 0 Å². The second-order valence-electron chi connectivity index (χ2n) is 7.16. The van der Waals surface area contributed by atoms with Crippen LogP contribution in [0, 0.1) is 0 Å². The van der Waals surface area contributed by atoms with Crippen LogP contribution in [0.4, 0.5) is 0 Å². The van der Waals surface area contributed by atoms with Gasteiger partial charge >= 0.3 is 5.97 Å². The number of rotatable bonds is 5. The van der Waals surface area contributed by atoms with Gasteiger partial charge in [-0.2, -0.15) is 0 Å². The maximum absolute atomic E-state index is 12.8. The highest BCUT2D eigenvalue weighted by Crippen LogP contribution is 2.37. The van der Waals surface area contributed by atoms with Crippen LogP contribution < -0.4 is 28.4 Å². The van der Waals surface area contributed by atoms with Crippen LogP contribution in [0.2, 0.25) is 0 Å². The first-order chi connectivity index (χ1) is 16.1. The molecule has 0 unspecified atom stereocenters. The molecule has 0 atom stereocenters. The molecular formula is C25H18O8. The van der Waals surface area contributed by atoms with Gasteiger partial charge in [0.25, 0.3) is 0 Å². The number of ether oxygens (including phenoxy) is 6. The molecule has 0 N–H and O–H groups in total. The maximum Gasteiger partial charge on any atom is 0.343 e. The molecule has 0 radical (unpaired) electrons. The molecule has 0 amide bonds. The summed E-state index contributed by atoms with van der Waals surface area (Å²) in [6, 6.07) is 14.6. The third-order valence-electron chi connectivity index (χ3n) is 5.18. The van der Waals surface area contributed by atoms with E-state index in [1.807, 2.05) is 0 Å². The number of carbonyl (C=O) groups is 2. The number of allylic oxidation sites excluding steroid dienone is 1. The van der Waals surface area contributed by atoms with Crippen LogP contribution in [0.25, 0.3) is 6.08 Å². The highest BCUT2D eigenvalue weighted by atomic mass is 16.7. The van der Waals surface area contributed by atoms with Crippen molar-refractivity contribution < 1.29 is 38.0 Å². The number of benzene rings is 3. The van der Waals surface area contributed by atoms with E-state index in [9.17, 15) is 9.59 Å². The predicted molar refractivity (Wildman–Crippen MR) is 116 cm³/mol. The molecule has 0 saturated carbocycles. The summed E-state index contributed by atoms with van der Waals surface area (Å²) in [5.41, 5.74) is 1.30. The van der Waals surface area contributed by atoms with Crippen molar-refractivity contribution in [1.82, 2.24) is 0 Å². The minimum absolute atomic E-state index is 0.113. The zero-order valence-electron chi connectivity index (χ0n) is 17.7. The first-order valence-corrected chi connectivity index (χ1v) is 9.98. The lowest BCUT2D eigenvalue weighted by molar-refractivity contribution is 0.0734. The fourth-order valence-corrected chi connectivity index (χ4v) is 3.51. The number of carbonyl (C=O) groups excluding carboxylic acids is 2. The van der Waals surface area contributed by atoms with Crippen LogP contribution in [-0.2, 0) is 0 Å². The van der Waals surface area contributed by atoms with Gasteiger partial charge in [-0.25, -0.2) is 4.79 Å². The smallest absolute Gasteiger partial charge is 0.343 e. The van der Waals surface area contributed by atoms with Crippen LogP contribution in [-0.4, -0.2) is 32.8 Å². The van der Waals surface area contributed by atoms with E-state index in [-0.39, 0.29) is 24.1 Å².